The maximum Gasteiger partial charge on any atom is 0.224 e. The van der Waals surface area contributed by atoms with Crippen LogP contribution in [0.5, 0.6) is 0 Å². The van der Waals surface area contributed by atoms with E-state index in [1.165, 1.54) is 11.1 Å². The number of fused-ring (bicyclic) bond motifs is 1. The lowest BCUT2D eigenvalue weighted by Gasteiger charge is -2.36. The number of benzene rings is 1. The van der Waals surface area contributed by atoms with Gasteiger partial charge in [-0.25, -0.2) is 4.98 Å². The van der Waals surface area contributed by atoms with E-state index in [4.69, 9.17) is 4.98 Å². The molecule has 0 fully saturated rings. The summed E-state index contributed by atoms with van der Waals surface area (Å²) in [5.74, 6) is 1.72. The molecule has 1 aliphatic heterocycles. The van der Waals surface area contributed by atoms with Crippen LogP contribution in [0.1, 0.15) is 44.4 Å². The van der Waals surface area contributed by atoms with Crippen molar-refractivity contribution in [1.82, 2.24) is 9.97 Å². The van der Waals surface area contributed by atoms with Crippen LogP contribution in [0.25, 0.3) is 0 Å². The monoisotopic (exact) mass is 296 g/mol. The van der Waals surface area contributed by atoms with Crippen LogP contribution in [0.15, 0.2) is 36.5 Å². The average molecular weight is 296 g/mol. The number of nitrogens with zero attached hydrogens (tertiary/aromatic N) is 3. The van der Waals surface area contributed by atoms with Gasteiger partial charge in [-0.2, -0.15) is 4.98 Å². The van der Waals surface area contributed by atoms with Gasteiger partial charge in [-0.15, -0.1) is 0 Å². The summed E-state index contributed by atoms with van der Waals surface area (Å²) in [7, 11) is 0. The van der Waals surface area contributed by atoms with Crippen LogP contribution < -0.4 is 10.2 Å². The Kier molecular flexibility index (Phi) is 4.27. The summed E-state index contributed by atoms with van der Waals surface area (Å²) in [6.07, 6.45) is 3.97. The molecule has 0 amide bonds. The Morgan fingerprint density at radius 2 is 2.14 bits per heavy atom. The second-order valence-corrected chi connectivity index (χ2v) is 6.01. The highest BCUT2D eigenvalue weighted by atomic mass is 15.2. The Labute approximate surface area is 132 Å². The second kappa shape index (κ2) is 6.34. The fraction of sp³-hybridized carbons (Fsp3) is 0.444. The van der Waals surface area contributed by atoms with E-state index in [9.17, 15) is 0 Å². The SMILES string of the molecule is CC[C@@H](C)Nc1nccc(N2CCc3ccccc3[C@H]2C)n1. The van der Waals surface area contributed by atoms with E-state index < -0.39 is 0 Å². The molecule has 1 aliphatic rings. The quantitative estimate of drug-likeness (QED) is 0.931. The van der Waals surface area contributed by atoms with Crippen molar-refractivity contribution >= 4 is 11.8 Å². The number of rotatable bonds is 4. The summed E-state index contributed by atoms with van der Waals surface area (Å²) >= 11 is 0. The summed E-state index contributed by atoms with van der Waals surface area (Å²) in [6, 6.07) is 11.4. The molecule has 116 valence electrons. The van der Waals surface area contributed by atoms with Gasteiger partial charge in [-0.1, -0.05) is 31.2 Å². The summed E-state index contributed by atoms with van der Waals surface area (Å²) in [4.78, 5) is 11.4. The Bertz CT molecular complexity index is 640. The summed E-state index contributed by atoms with van der Waals surface area (Å²) in [6.45, 7) is 7.56. The molecule has 0 saturated carbocycles. The Hall–Kier alpha value is -2.10. The van der Waals surface area contributed by atoms with Crippen molar-refractivity contribution in [1.29, 1.82) is 0 Å². The molecule has 1 N–H and O–H groups in total. The van der Waals surface area contributed by atoms with Gasteiger partial charge in [-0.05, 0) is 43.9 Å². The van der Waals surface area contributed by atoms with Crippen LogP contribution in [-0.2, 0) is 6.42 Å². The van der Waals surface area contributed by atoms with Crippen molar-refractivity contribution < 1.29 is 0 Å². The standard InChI is InChI=1S/C18H24N4/c1-4-13(2)20-18-19-11-9-17(21-18)22-12-10-15-7-5-6-8-16(15)14(22)3/h5-9,11,13-14H,4,10,12H2,1-3H3,(H,19,20,21)/t13-,14-/m1/s1. The van der Waals surface area contributed by atoms with Crippen LogP contribution in [0.2, 0.25) is 0 Å². The highest BCUT2D eigenvalue weighted by Crippen LogP contribution is 2.32. The lowest BCUT2D eigenvalue weighted by Crippen LogP contribution is -2.34. The molecule has 2 atom stereocenters. The van der Waals surface area contributed by atoms with E-state index in [1.807, 2.05) is 12.3 Å². The predicted octanol–water partition coefficient (Wildman–Crippen LogP) is 3.81. The van der Waals surface area contributed by atoms with Crippen LogP contribution in [0, 0.1) is 0 Å². The van der Waals surface area contributed by atoms with E-state index in [0.717, 1.165) is 31.2 Å². The van der Waals surface area contributed by atoms with Gasteiger partial charge in [0.1, 0.15) is 5.82 Å². The number of hydrogen-bond acceptors (Lipinski definition) is 4. The van der Waals surface area contributed by atoms with Crippen LogP contribution >= 0.6 is 0 Å². The molecule has 1 aromatic carbocycles. The third-order valence-corrected chi connectivity index (χ3v) is 4.52. The van der Waals surface area contributed by atoms with Gasteiger partial charge in [0, 0.05) is 18.8 Å². The number of aromatic nitrogens is 2. The first-order valence-electron chi connectivity index (χ1n) is 8.13. The van der Waals surface area contributed by atoms with E-state index in [-0.39, 0.29) is 0 Å². The highest BCUT2D eigenvalue weighted by molar-refractivity contribution is 5.49. The van der Waals surface area contributed by atoms with E-state index in [1.54, 1.807) is 0 Å². The van der Waals surface area contributed by atoms with Crippen molar-refractivity contribution in [3.05, 3.63) is 47.7 Å². The molecular formula is C18H24N4. The van der Waals surface area contributed by atoms with E-state index in [2.05, 4.69) is 60.2 Å². The Balaban J connectivity index is 1.84. The third-order valence-electron chi connectivity index (χ3n) is 4.52. The first kappa shape index (κ1) is 14.8. The number of nitrogens with one attached hydrogen (secondary N) is 1. The molecule has 3 rings (SSSR count). The lowest BCUT2D eigenvalue weighted by molar-refractivity contribution is 0.616. The van der Waals surface area contributed by atoms with Crippen molar-refractivity contribution in [2.75, 3.05) is 16.8 Å². The molecule has 4 heteroatoms. The van der Waals surface area contributed by atoms with Gasteiger partial charge < -0.3 is 10.2 Å². The van der Waals surface area contributed by atoms with Gasteiger partial charge in [0.15, 0.2) is 0 Å². The van der Waals surface area contributed by atoms with Crippen LogP contribution in [0.4, 0.5) is 11.8 Å². The predicted molar refractivity (Wildman–Crippen MR) is 91.3 cm³/mol. The van der Waals surface area contributed by atoms with Gasteiger partial charge in [0.25, 0.3) is 0 Å². The molecule has 22 heavy (non-hydrogen) atoms. The zero-order valence-corrected chi connectivity index (χ0v) is 13.6. The topological polar surface area (TPSA) is 41.1 Å². The fourth-order valence-corrected chi connectivity index (χ4v) is 2.99. The second-order valence-electron chi connectivity index (χ2n) is 6.01. The van der Waals surface area contributed by atoms with Gasteiger partial charge in [0.2, 0.25) is 5.95 Å². The Morgan fingerprint density at radius 1 is 1.32 bits per heavy atom. The minimum Gasteiger partial charge on any atom is -0.352 e. The zero-order valence-electron chi connectivity index (χ0n) is 13.6. The van der Waals surface area contributed by atoms with Crippen molar-refractivity contribution in [3.63, 3.8) is 0 Å². The van der Waals surface area contributed by atoms with Crippen molar-refractivity contribution in [2.24, 2.45) is 0 Å². The number of anilines is 2. The third kappa shape index (κ3) is 2.91. The molecule has 0 spiro atoms. The Morgan fingerprint density at radius 3 is 2.95 bits per heavy atom. The summed E-state index contributed by atoms with van der Waals surface area (Å²) in [5.41, 5.74) is 2.86. The molecule has 0 radical (unpaired) electrons. The van der Waals surface area contributed by atoms with E-state index in [0.29, 0.717) is 12.1 Å². The van der Waals surface area contributed by atoms with Crippen LogP contribution in [0.3, 0.4) is 0 Å². The fourth-order valence-electron chi connectivity index (χ4n) is 2.99. The molecular weight excluding hydrogens is 272 g/mol. The normalized spacial score (nSPS) is 18.7. The highest BCUT2D eigenvalue weighted by Gasteiger charge is 2.24. The van der Waals surface area contributed by atoms with Crippen LogP contribution in [-0.4, -0.2) is 22.6 Å². The maximum atomic E-state index is 4.71. The minimum atomic E-state index is 0.344. The number of hydrogen-bond donors (Lipinski definition) is 1. The molecule has 0 bridgehead atoms. The molecule has 2 heterocycles. The molecule has 4 nitrogen and oxygen atoms in total. The average Bonchev–Trinajstić information content (AvgIpc) is 2.55. The smallest absolute Gasteiger partial charge is 0.224 e. The van der Waals surface area contributed by atoms with Crippen molar-refractivity contribution in [3.8, 4) is 0 Å². The molecule has 0 unspecified atom stereocenters. The van der Waals surface area contributed by atoms with Crippen molar-refractivity contribution in [2.45, 2.75) is 45.7 Å². The lowest BCUT2D eigenvalue weighted by atomic mass is 9.94. The minimum absolute atomic E-state index is 0.344. The maximum absolute atomic E-state index is 4.71. The zero-order chi connectivity index (χ0) is 15.5. The largest absolute Gasteiger partial charge is 0.352 e. The summed E-state index contributed by atoms with van der Waals surface area (Å²) < 4.78 is 0. The first-order valence-corrected chi connectivity index (χ1v) is 8.13. The molecule has 0 aliphatic carbocycles. The molecule has 1 aromatic heterocycles. The van der Waals surface area contributed by atoms with E-state index >= 15 is 0 Å². The first-order chi connectivity index (χ1) is 10.7. The summed E-state index contributed by atoms with van der Waals surface area (Å²) in [5, 5.41) is 3.36. The molecule has 2 aromatic rings. The van der Waals surface area contributed by atoms with Gasteiger partial charge >= 0.3 is 0 Å². The molecule has 0 saturated heterocycles. The van der Waals surface area contributed by atoms with Gasteiger partial charge in [0.05, 0.1) is 6.04 Å². The van der Waals surface area contributed by atoms with Gasteiger partial charge in [-0.3, -0.25) is 0 Å².